The third-order valence-corrected chi connectivity index (χ3v) is 4.99. The summed E-state index contributed by atoms with van der Waals surface area (Å²) in [6.07, 6.45) is 4.38. The molecule has 1 aliphatic carbocycles. The lowest BCUT2D eigenvalue weighted by Crippen LogP contribution is -2.41. The fourth-order valence-electron chi connectivity index (χ4n) is 2.99. The van der Waals surface area contributed by atoms with Gasteiger partial charge in [-0.2, -0.15) is 0 Å². The average Bonchev–Trinajstić information content (AvgIpc) is 2.65. The van der Waals surface area contributed by atoms with E-state index in [4.69, 9.17) is 11.6 Å². The number of carbonyl (C=O) groups is 1. The van der Waals surface area contributed by atoms with E-state index in [0.717, 1.165) is 57.0 Å². The van der Waals surface area contributed by atoms with Crippen LogP contribution >= 0.6 is 11.6 Å². The van der Waals surface area contributed by atoms with E-state index in [9.17, 15) is 4.79 Å². The van der Waals surface area contributed by atoms with Crippen molar-refractivity contribution in [2.75, 3.05) is 31.1 Å². The molecule has 1 aliphatic heterocycles. The molecular formula is C16H22ClN3O. The van der Waals surface area contributed by atoms with Crippen molar-refractivity contribution >= 4 is 23.3 Å². The number of hydrogen-bond donors (Lipinski definition) is 0. The third-order valence-electron chi connectivity index (χ3n) is 4.59. The van der Waals surface area contributed by atoms with Crippen molar-refractivity contribution in [1.29, 1.82) is 0 Å². The summed E-state index contributed by atoms with van der Waals surface area (Å²) in [5.41, 5.74) is 0.862. The van der Waals surface area contributed by atoms with Gasteiger partial charge in [0.2, 0.25) is 5.91 Å². The molecular weight excluding hydrogens is 286 g/mol. The molecule has 0 aromatic carbocycles. The number of aryl methyl sites for hydroxylation is 1. The highest BCUT2D eigenvalue weighted by Gasteiger charge is 2.30. The molecule has 0 radical (unpaired) electrons. The lowest BCUT2D eigenvalue weighted by Gasteiger charge is -2.31. The summed E-state index contributed by atoms with van der Waals surface area (Å²) in [6, 6.07) is 3.88. The number of rotatable bonds is 2. The number of pyridine rings is 1. The Labute approximate surface area is 131 Å². The van der Waals surface area contributed by atoms with Gasteiger partial charge in [-0.3, -0.25) is 4.79 Å². The maximum Gasteiger partial charge on any atom is 0.225 e. The molecule has 3 rings (SSSR count). The summed E-state index contributed by atoms with van der Waals surface area (Å²) in [4.78, 5) is 21.2. The van der Waals surface area contributed by atoms with E-state index in [-0.39, 0.29) is 0 Å². The summed E-state index contributed by atoms with van der Waals surface area (Å²) < 4.78 is 0. The lowest BCUT2D eigenvalue weighted by atomic mass is 9.84. The molecule has 0 bridgehead atoms. The summed E-state index contributed by atoms with van der Waals surface area (Å²) in [7, 11) is 0. The zero-order valence-electron chi connectivity index (χ0n) is 12.5. The number of hydrogen-bond acceptors (Lipinski definition) is 3. The van der Waals surface area contributed by atoms with E-state index in [1.165, 1.54) is 6.42 Å². The second-order valence-electron chi connectivity index (χ2n) is 6.03. The third kappa shape index (κ3) is 3.15. The molecule has 1 saturated carbocycles. The minimum atomic E-state index is 0.299. The van der Waals surface area contributed by atoms with Crippen LogP contribution in [0.3, 0.4) is 0 Å². The van der Waals surface area contributed by atoms with Crippen LogP contribution in [0.25, 0.3) is 0 Å². The fourth-order valence-corrected chi connectivity index (χ4v) is 3.09. The van der Waals surface area contributed by atoms with Gasteiger partial charge in [0.05, 0.1) is 10.7 Å². The maximum absolute atomic E-state index is 12.3. The van der Waals surface area contributed by atoms with Gasteiger partial charge >= 0.3 is 0 Å². The van der Waals surface area contributed by atoms with Crippen LogP contribution in [-0.2, 0) is 4.79 Å². The van der Waals surface area contributed by atoms with Crippen LogP contribution in [0.4, 0.5) is 5.82 Å². The highest BCUT2D eigenvalue weighted by atomic mass is 35.5. The van der Waals surface area contributed by atoms with Crippen LogP contribution in [0.15, 0.2) is 12.1 Å². The second kappa shape index (κ2) is 6.22. The molecule has 2 heterocycles. The molecule has 1 saturated heterocycles. The van der Waals surface area contributed by atoms with Crippen molar-refractivity contribution in [2.24, 2.45) is 5.92 Å². The quantitative estimate of drug-likeness (QED) is 0.843. The van der Waals surface area contributed by atoms with Crippen molar-refractivity contribution in [1.82, 2.24) is 9.88 Å². The highest BCUT2D eigenvalue weighted by molar-refractivity contribution is 6.31. The van der Waals surface area contributed by atoms with Gasteiger partial charge in [-0.15, -0.1) is 0 Å². The number of aromatic nitrogens is 1. The Morgan fingerprint density at radius 3 is 2.67 bits per heavy atom. The van der Waals surface area contributed by atoms with E-state index in [1.807, 2.05) is 24.0 Å². The largest absolute Gasteiger partial charge is 0.355 e. The van der Waals surface area contributed by atoms with Gasteiger partial charge in [-0.25, -0.2) is 4.98 Å². The number of nitrogens with zero attached hydrogens (tertiary/aromatic N) is 3. The van der Waals surface area contributed by atoms with Crippen LogP contribution in [0.5, 0.6) is 0 Å². The SMILES string of the molecule is Cc1nc(N2CCCN(C(=O)C3CCC3)CC2)ccc1Cl. The van der Waals surface area contributed by atoms with Gasteiger partial charge < -0.3 is 9.80 Å². The minimum absolute atomic E-state index is 0.299. The summed E-state index contributed by atoms with van der Waals surface area (Å²) >= 11 is 6.04. The molecule has 1 amide bonds. The molecule has 21 heavy (non-hydrogen) atoms. The fraction of sp³-hybridized carbons (Fsp3) is 0.625. The van der Waals surface area contributed by atoms with Crippen molar-refractivity contribution in [3.8, 4) is 0 Å². The molecule has 2 aliphatic rings. The maximum atomic E-state index is 12.3. The Hall–Kier alpha value is -1.29. The molecule has 0 atom stereocenters. The Kier molecular flexibility index (Phi) is 4.34. The minimum Gasteiger partial charge on any atom is -0.355 e. The molecule has 1 aromatic rings. The zero-order chi connectivity index (χ0) is 14.8. The van der Waals surface area contributed by atoms with Gasteiger partial charge in [0, 0.05) is 32.1 Å². The molecule has 1 aromatic heterocycles. The first-order valence-corrected chi connectivity index (χ1v) is 8.20. The Morgan fingerprint density at radius 1 is 1.19 bits per heavy atom. The van der Waals surface area contributed by atoms with Crippen LogP contribution in [0, 0.1) is 12.8 Å². The molecule has 0 spiro atoms. The zero-order valence-corrected chi connectivity index (χ0v) is 13.3. The van der Waals surface area contributed by atoms with Crippen molar-refractivity contribution in [2.45, 2.75) is 32.6 Å². The van der Waals surface area contributed by atoms with E-state index in [0.29, 0.717) is 16.8 Å². The number of amides is 1. The average molecular weight is 308 g/mol. The van der Waals surface area contributed by atoms with Crippen LogP contribution in [-0.4, -0.2) is 42.0 Å². The van der Waals surface area contributed by atoms with Gasteiger partial charge in [-0.1, -0.05) is 18.0 Å². The molecule has 2 fully saturated rings. The molecule has 114 valence electrons. The van der Waals surface area contributed by atoms with Crippen molar-refractivity contribution in [3.63, 3.8) is 0 Å². The van der Waals surface area contributed by atoms with Gasteiger partial charge in [0.25, 0.3) is 0 Å². The second-order valence-corrected chi connectivity index (χ2v) is 6.44. The first kappa shape index (κ1) is 14.6. The van der Waals surface area contributed by atoms with Crippen molar-refractivity contribution in [3.05, 3.63) is 22.8 Å². The summed E-state index contributed by atoms with van der Waals surface area (Å²) in [5.74, 6) is 1.63. The molecule has 4 nitrogen and oxygen atoms in total. The van der Waals surface area contributed by atoms with Crippen LogP contribution < -0.4 is 4.90 Å². The van der Waals surface area contributed by atoms with E-state index >= 15 is 0 Å². The van der Waals surface area contributed by atoms with E-state index in [2.05, 4.69) is 9.88 Å². The summed E-state index contributed by atoms with van der Waals surface area (Å²) in [5, 5.41) is 0.704. The first-order valence-electron chi connectivity index (χ1n) is 7.82. The number of anilines is 1. The standard InChI is InChI=1S/C16H22ClN3O/c1-12-14(17)6-7-15(18-12)19-8-3-9-20(11-10-19)16(21)13-4-2-5-13/h6-7,13H,2-5,8-11H2,1H3. The monoisotopic (exact) mass is 307 g/mol. The predicted octanol–water partition coefficient (Wildman–Crippen LogP) is 2.88. The predicted molar refractivity (Wildman–Crippen MR) is 84.7 cm³/mol. The lowest BCUT2D eigenvalue weighted by molar-refractivity contribution is -0.137. The first-order chi connectivity index (χ1) is 10.1. The van der Waals surface area contributed by atoms with E-state index in [1.54, 1.807) is 0 Å². The van der Waals surface area contributed by atoms with Gasteiger partial charge in [-0.05, 0) is 38.3 Å². The Balaban J connectivity index is 1.64. The normalized spacial score (nSPS) is 20.1. The molecule has 5 heteroatoms. The number of carbonyl (C=O) groups excluding carboxylic acids is 1. The topological polar surface area (TPSA) is 36.4 Å². The van der Waals surface area contributed by atoms with Crippen LogP contribution in [0.1, 0.15) is 31.4 Å². The Morgan fingerprint density at radius 2 is 2.00 bits per heavy atom. The summed E-state index contributed by atoms with van der Waals surface area (Å²) in [6.45, 7) is 5.40. The van der Waals surface area contributed by atoms with Crippen LogP contribution in [0.2, 0.25) is 5.02 Å². The van der Waals surface area contributed by atoms with Gasteiger partial charge in [0.1, 0.15) is 5.82 Å². The molecule has 0 unspecified atom stereocenters. The Bertz CT molecular complexity index is 530. The van der Waals surface area contributed by atoms with Gasteiger partial charge in [0.15, 0.2) is 0 Å². The molecule has 0 N–H and O–H groups in total. The smallest absolute Gasteiger partial charge is 0.225 e. The van der Waals surface area contributed by atoms with Crippen molar-refractivity contribution < 1.29 is 4.79 Å². The highest BCUT2D eigenvalue weighted by Crippen LogP contribution is 2.29. The number of halogens is 1. The van der Waals surface area contributed by atoms with E-state index < -0.39 is 0 Å².